The molecule has 0 aromatic carbocycles. The smallest absolute Gasteiger partial charge is 0.220 e. The van der Waals surface area contributed by atoms with Gasteiger partial charge in [0.2, 0.25) is 11.8 Å². The second-order valence-corrected chi connectivity index (χ2v) is 10.3. The maximum Gasteiger partial charge on any atom is 0.220 e. The molecule has 2 rings (SSSR count). The normalized spacial score (nSPS) is 35.0. The Morgan fingerprint density at radius 2 is 0.821 bits per heavy atom. The quantitative estimate of drug-likeness (QED) is 0.0847. The Balaban J connectivity index is 1.46. The van der Waals surface area contributed by atoms with E-state index in [-0.39, 0.29) is 24.7 Å². The SMILES string of the molecule is O=C(CCCCCCCCCCCC(=O)N[C@@H]1[C@@H](O)[C@H](O)[C@@H](CO)O[C@H]1O)N[C@@H]1[C@@H](O)[C@H](O)[C@@H](CO)O[C@H]1O. The first-order valence-electron chi connectivity index (χ1n) is 13.8. The molecule has 14 heteroatoms. The van der Waals surface area contributed by atoms with Gasteiger partial charge >= 0.3 is 0 Å². The molecule has 39 heavy (non-hydrogen) atoms. The first kappa shape index (κ1) is 33.7. The molecule has 2 amide bonds. The predicted molar refractivity (Wildman–Crippen MR) is 135 cm³/mol. The summed E-state index contributed by atoms with van der Waals surface area (Å²) in [5, 5.41) is 82.9. The zero-order valence-electron chi connectivity index (χ0n) is 22.2. The molecule has 2 aliphatic heterocycles. The summed E-state index contributed by atoms with van der Waals surface area (Å²) in [4.78, 5) is 24.3. The molecule has 14 nitrogen and oxygen atoms in total. The summed E-state index contributed by atoms with van der Waals surface area (Å²) in [6.45, 7) is -1.14. The van der Waals surface area contributed by atoms with Crippen LogP contribution in [0.3, 0.4) is 0 Å². The van der Waals surface area contributed by atoms with Gasteiger partial charge in [-0.15, -0.1) is 0 Å². The van der Waals surface area contributed by atoms with E-state index in [9.17, 15) is 40.2 Å². The lowest BCUT2D eigenvalue weighted by atomic mass is 9.97. The highest BCUT2D eigenvalue weighted by Crippen LogP contribution is 2.21. The van der Waals surface area contributed by atoms with Gasteiger partial charge in [-0.3, -0.25) is 9.59 Å². The molecule has 0 aromatic rings. The molecule has 0 aromatic heterocycles. The fourth-order valence-electron chi connectivity index (χ4n) is 4.83. The van der Waals surface area contributed by atoms with Gasteiger partial charge < -0.3 is 61.0 Å². The lowest BCUT2D eigenvalue weighted by Gasteiger charge is -2.40. The summed E-state index contributed by atoms with van der Waals surface area (Å²) in [7, 11) is 0. The van der Waals surface area contributed by atoms with E-state index >= 15 is 0 Å². The van der Waals surface area contributed by atoms with Crippen LogP contribution in [0.2, 0.25) is 0 Å². The average molecular weight is 567 g/mol. The maximum atomic E-state index is 12.1. The molecule has 10 atom stereocenters. The number of amides is 2. The topological polar surface area (TPSA) is 238 Å². The molecule has 2 fully saturated rings. The number of rotatable bonds is 16. The van der Waals surface area contributed by atoms with Crippen LogP contribution in [0.1, 0.15) is 70.6 Å². The van der Waals surface area contributed by atoms with E-state index in [1.54, 1.807) is 0 Å². The highest BCUT2D eigenvalue weighted by Gasteiger charge is 2.45. The fourth-order valence-corrected chi connectivity index (χ4v) is 4.83. The van der Waals surface area contributed by atoms with Gasteiger partial charge in [-0.25, -0.2) is 0 Å². The Bertz CT molecular complexity index is 673. The Kier molecular flexibility index (Phi) is 15.0. The van der Waals surface area contributed by atoms with E-state index in [2.05, 4.69) is 10.6 Å². The third kappa shape index (κ3) is 10.5. The number of nitrogens with one attached hydrogen (secondary N) is 2. The number of carbonyl (C=O) groups excluding carboxylic acids is 2. The number of aliphatic hydroxyl groups excluding tert-OH is 8. The minimum absolute atomic E-state index is 0.208. The summed E-state index contributed by atoms with van der Waals surface area (Å²) in [6, 6.07) is -2.35. The van der Waals surface area contributed by atoms with Crippen molar-refractivity contribution in [3.8, 4) is 0 Å². The summed E-state index contributed by atoms with van der Waals surface area (Å²) in [5.74, 6) is -0.739. The molecule has 2 aliphatic rings. The number of ether oxygens (including phenoxy) is 2. The molecular weight excluding hydrogens is 520 g/mol. The standard InChI is InChI=1S/C25H46N2O12/c28-12-14-20(32)22(34)18(24(36)38-14)26-16(30)10-8-6-4-2-1-3-5-7-9-11-17(31)27-19-23(35)21(33)15(13-29)39-25(19)37/h14-15,18-25,28-29,32-37H,1-13H2,(H,26,30)(H,27,31)/t14-,15-,18-,19-,20-,21-,22-,23-,24-,25-/m1/s1. The van der Waals surface area contributed by atoms with Crippen LogP contribution in [-0.2, 0) is 19.1 Å². The first-order valence-corrected chi connectivity index (χ1v) is 13.8. The maximum absolute atomic E-state index is 12.1. The zero-order chi connectivity index (χ0) is 28.9. The largest absolute Gasteiger partial charge is 0.394 e. The van der Waals surface area contributed by atoms with Crippen molar-refractivity contribution < 1.29 is 59.9 Å². The first-order chi connectivity index (χ1) is 18.6. The second kappa shape index (κ2) is 17.4. The minimum atomic E-state index is -1.53. The van der Waals surface area contributed by atoms with E-state index in [0.717, 1.165) is 44.9 Å². The van der Waals surface area contributed by atoms with Crippen LogP contribution in [0.4, 0.5) is 0 Å². The highest BCUT2D eigenvalue weighted by atomic mass is 16.6. The van der Waals surface area contributed by atoms with Crippen LogP contribution in [0.15, 0.2) is 0 Å². The number of carbonyl (C=O) groups is 2. The summed E-state index contributed by atoms with van der Waals surface area (Å²) < 4.78 is 10.0. The predicted octanol–water partition coefficient (Wildman–Crippen LogP) is -2.89. The minimum Gasteiger partial charge on any atom is -0.394 e. The van der Waals surface area contributed by atoms with Crippen LogP contribution in [0, 0.1) is 0 Å². The second-order valence-electron chi connectivity index (χ2n) is 10.3. The van der Waals surface area contributed by atoms with E-state index in [4.69, 9.17) is 19.7 Å². The van der Waals surface area contributed by atoms with Crippen LogP contribution >= 0.6 is 0 Å². The Morgan fingerprint density at radius 1 is 0.513 bits per heavy atom. The third-order valence-corrected chi connectivity index (χ3v) is 7.26. The monoisotopic (exact) mass is 566 g/mol. The van der Waals surface area contributed by atoms with E-state index in [1.165, 1.54) is 0 Å². The van der Waals surface area contributed by atoms with Crippen molar-refractivity contribution in [2.75, 3.05) is 13.2 Å². The van der Waals surface area contributed by atoms with Crippen molar-refractivity contribution in [1.29, 1.82) is 0 Å². The Hall–Kier alpha value is -1.46. The highest BCUT2D eigenvalue weighted by molar-refractivity contribution is 5.76. The van der Waals surface area contributed by atoms with E-state index in [0.29, 0.717) is 12.8 Å². The molecule has 0 spiro atoms. The molecule has 0 aliphatic carbocycles. The molecule has 228 valence electrons. The molecular formula is C25H46N2O12. The summed E-state index contributed by atoms with van der Waals surface area (Å²) >= 11 is 0. The zero-order valence-corrected chi connectivity index (χ0v) is 22.2. The van der Waals surface area contributed by atoms with Gasteiger partial charge in [0.05, 0.1) is 13.2 Å². The number of unbranched alkanes of at least 4 members (excludes halogenated alkanes) is 8. The Morgan fingerprint density at radius 3 is 1.13 bits per heavy atom. The van der Waals surface area contributed by atoms with Crippen molar-refractivity contribution in [2.24, 2.45) is 0 Å². The van der Waals surface area contributed by atoms with E-state index in [1.807, 2.05) is 0 Å². The van der Waals surface area contributed by atoms with E-state index < -0.39 is 74.5 Å². The third-order valence-electron chi connectivity index (χ3n) is 7.26. The van der Waals surface area contributed by atoms with Crippen molar-refractivity contribution in [1.82, 2.24) is 10.6 Å². The molecule has 0 unspecified atom stereocenters. The van der Waals surface area contributed by atoms with Gasteiger partial charge in [0.1, 0.15) is 48.7 Å². The molecule has 0 saturated carbocycles. The fraction of sp³-hybridized carbons (Fsp3) is 0.920. The molecule has 0 bridgehead atoms. The number of aliphatic hydroxyl groups is 8. The average Bonchev–Trinajstić information content (AvgIpc) is 2.91. The van der Waals surface area contributed by atoms with Crippen LogP contribution in [0.5, 0.6) is 0 Å². The van der Waals surface area contributed by atoms with Gasteiger partial charge in [0.25, 0.3) is 0 Å². The summed E-state index contributed by atoms with van der Waals surface area (Å²) in [5.41, 5.74) is 0. The molecule has 2 saturated heterocycles. The van der Waals surface area contributed by atoms with Crippen LogP contribution in [0.25, 0.3) is 0 Å². The van der Waals surface area contributed by atoms with Crippen molar-refractivity contribution in [2.45, 2.75) is 132 Å². The van der Waals surface area contributed by atoms with Gasteiger partial charge in [0.15, 0.2) is 12.6 Å². The summed E-state index contributed by atoms with van der Waals surface area (Å²) in [6.07, 6.45) is -2.77. The van der Waals surface area contributed by atoms with Crippen LogP contribution in [-0.4, -0.2) is 127 Å². The van der Waals surface area contributed by atoms with Gasteiger partial charge in [-0.05, 0) is 12.8 Å². The molecule has 10 N–H and O–H groups in total. The lowest BCUT2D eigenvalue weighted by Crippen LogP contribution is -2.64. The van der Waals surface area contributed by atoms with Crippen molar-refractivity contribution >= 4 is 11.8 Å². The van der Waals surface area contributed by atoms with Gasteiger partial charge in [-0.1, -0.05) is 44.9 Å². The number of hydrogen-bond donors (Lipinski definition) is 10. The Labute approximate surface area is 227 Å². The molecule has 0 radical (unpaired) electrons. The van der Waals surface area contributed by atoms with Crippen molar-refractivity contribution in [3.05, 3.63) is 0 Å². The van der Waals surface area contributed by atoms with Crippen molar-refractivity contribution in [3.63, 3.8) is 0 Å². The molecule has 2 heterocycles. The number of hydrogen-bond acceptors (Lipinski definition) is 12. The lowest BCUT2D eigenvalue weighted by molar-refractivity contribution is -0.253. The van der Waals surface area contributed by atoms with Gasteiger partial charge in [-0.2, -0.15) is 0 Å². The van der Waals surface area contributed by atoms with Crippen LogP contribution < -0.4 is 10.6 Å². The van der Waals surface area contributed by atoms with Gasteiger partial charge in [0, 0.05) is 12.8 Å².